The van der Waals surface area contributed by atoms with Crippen molar-refractivity contribution in [3.05, 3.63) is 91.0 Å². The number of nitrogens with zero attached hydrogens (tertiary/aromatic N) is 3. The van der Waals surface area contributed by atoms with Gasteiger partial charge in [-0.2, -0.15) is 15.3 Å². The molecule has 144 valence electrons. The second kappa shape index (κ2) is 8.36. The van der Waals surface area contributed by atoms with Crippen molar-refractivity contribution in [2.24, 2.45) is 15.3 Å². The molecule has 30 heavy (non-hydrogen) atoms. The van der Waals surface area contributed by atoms with E-state index in [1.165, 1.54) is 0 Å². The first kappa shape index (κ1) is 19.0. The Bertz CT molecular complexity index is 1040. The molecule has 6 heteroatoms. The summed E-state index contributed by atoms with van der Waals surface area (Å²) in [7, 11) is 0. The summed E-state index contributed by atoms with van der Waals surface area (Å²) in [5.74, 6) is 0. The van der Waals surface area contributed by atoms with Gasteiger partial charge >= 0.3 is 0 Å². The van der Waals surface area contributed by atoms with Crippen molar-refractivity contribution in [1.82, 2.24) is 0 Å². The molecule has 4 aromatic carbocycles. The van der Waals surface area contributed by atoms with Gasteiger partial charge in [-0.05, 0) is 88.0 Å². The van der Waals surface area contributed by atoms with E-state index in [2.05, 4.69) is 33.5 Å². The number of rotatable bonds is 6. The molecule has 0 radical (unpaired) electrons. The van der Waals surface area contributed by atoms with Gasteiger partial charge in [0.1, 0.15) is 0 Å². The van der Waals surface area contributed by atoms with Crippen molar-refractivity contribution < 1.29 is 0 Å². The first-order chi connectivity index (χ1) is 14.7. The van der Waals surface area contributed by atoms with Crippen LogP contribution in [0, 0.1) is 16.6 Å². The molecule has 0 saturated carbocycles. The number of hydrogen-bond donors (Lipinski definition) is 3. The molecule has 0 aliphatic heterocycles. The van der Waals surface area contributed by atoms with Crippen LogP contribution in [0.5, 0.6) is 0 Å². The molecule has 0 saturated heterocycles. The minimum atomic E-state index is 0.611. The zero-order valence-corrected chi connectivity index (χ0v) is 16.0. The van der Waals surface area contributed by atoms with E-state index in [9.17, 15) is 0 Å². The highest BCUT2D eigenvalue weighted by Gasteiger charge is 2.08. The molecule has 0 aliphatic carbocycles. The summed E-state index contributed by atoms with van der Waals surface area (Å²) in [6.45, 7) is 0. The molecule has 0 amide bonds. The summed E-state index contributed by atoms with van der Waals surface area (Å²) >= 11 is 0. The Labute approximate surface area is 173 Å². The highest BCUT2D eigenvalue weighted by molar-refractivity contribution is 5.82. The fourth-order valence-electron chi connectivity index (χ4n) is 3.31. The average Bonchev–Trinajstić information content (AvgIpc) is 2.84. The van der Waals surface area contributed by atoms with Crippen LogP contribution in [0.25, 0.3) is 33.4 Å². The lowest BCUT2D eigenvalue weighted by molar-refractivity contribution is 1.15. The van der Waals surface area contributed by atoms with Crippen LogP contribution < -0.4 is 0 Å². The fraction of sp³-hybridized carbons (Fsp3) is 0. The molecule has 0 bridgehead atoms. The second-order valence-electron chi connectivity index (χ2n) is 6.78. The Hall–Kier alpha value is -4.32. The normalized spacial score (nSPS) is 10.4. The van der Waals surface area contributed by atoms with E-state index in [0.29, 0.717) is 17.1 Å². The van der Waals surface area contributed by atoms with Crippen LogP contribution in [0.15, 0.2) is 106 Å². The highest BCUT2D eigenvalue weighted by Crippen LogP contribution is 2.34. The Kier molecular flexibility index (Phi) is 5.30. The Morgan fingerprint density at radius 3 is 0.767 bits per heavy atom. The number of benzene rings is 4. The third-order valence-electron chi connectivity index (χ3n) is 4.92. The first-order valence-corrected chi connectivity index (χ1v) is 9.29. The average molecular weight is 390 g/mol. The van der Waals surface area contributed by atoms with Crippen LogP contribution in [0.1, 0.15) is 0 Å². The monoisotopic (exact) mass is 390 g/mol. The van der Waals surface area contributed by atoms with Crippen molar-refractivity contribution in [3.63, 3.8) is 0 Å². The largest absolute Gasteiger partial charge is 0.204 e. The minimum Gasteiger partial charge on any atom is -0.204 e. The highest BCUT2D eigenvalue weighted by atomic mass is 15.0. The van der Waals surface area contributed by atoms with Crippen molar-refractivity contribution in [3.8, 4) is 33.4 Å². The van der Waals surface area contributed by atoms with Gasteiger partial charge in [-0.15, -0.1) is 0 Å². The van der Waals surface area contributed by atoms with Crippen LogP contribution in [-0.4, -0.2) is 0 Å². The van der Waals surface area contributed by atoms with Gasteiger partial charge in [0.25, 0.3) is 0 Å². The summed E-state index contributed by atoms with van der Waals surface area (Å²) in [5, 5.41) is 10.4. The molecule has 3 N–H and O–H groups in total. The fourth-order valence-corrected chi connectivity index (χ4v) is 3.31. The molecular formula is C24H18N6. The van der Waals surface area contributed by atoms with Crippen LogP contribution in [0.3, 0.4) is 0 Å². The van der Waals surface area contributed by atoms with Gasteiger partial charge in [-0.3, -0.25) is 0 Å². The predicted octanol–water partition coefficient (Wildman–Crippen LogP) is 8.68. The van der Waals surface area contributed by atoms with Crippen LogP contribution >= 0.6 is 0 Å². The maximum atomic E-state index is 7.16. The van der Waals surface area contributed by atoms with Gasteiger partial charge in [-0.1, -0.05) is 36.4 Å². The molecule has 0 unspecified atom stereocenters. The lowest BCUT2D eigenvalue weighted by Gasteiger charge is -2.12. The van der Waals surface area contributed by atoms with E-state index < -0.39 is 0 Å². The zero-order valence-electron chi connectivity index (χ0n) is 16.0. The molecule has 0 fully saturated rings. The van der Waals surface area contributed by atoms with Crippen LogP contribution in [0.4, 0.5) is 17.1 Å². The predicted molar refractivity (Wildman–Crippen MR) is 117 cm³/mol. The maximum absolute atomic E-state index is 7.16. The van der Waals surface area contributed by atoms with E-state index in [-0.39, 0.29) is 0 Å². The summed E-state index contributed by atoms with van der Waals surface area (Å²) in [4.78, 5) is 0. The molecule has 4 aromatic rings. The van der Waals surface area contributed by atoms with Crippen molar-refractivity contribution in [2.45, 2.75) is 0 Å². The molecule has 0 spiro atoms. The Morgan fingerprint density at radius 1 is 0.333 bits per heavy atom. The third-order valence-corrected chi connectivity index (χ3v) is 4.92. The summed E-state index contributed by atoms with van der Waals surface area (Å²) < 4.78 is 0. The third kappa shape index (κ3) is 3.93. The van der Waals surface area contributed by atoms with Crippen molar-refractivity contribution in [2.75, 3.05) is 0 Å². The van der Waals surface area contributed by atoms with Gasteiger partial charge in [0.05, 0.1) is 17.1 Å². The van der Waals surface area contributed by atoms with E-state index in [1.54, 1.807) is 0 Å². The standard InChI is InChI=1S/C24H18N6/c25-28-22-7-1-16(2-8-22)19-13-20(17-3-9-23(29-26)10-4-17)15-21(14-19)18-5-11-24(30-27)12-6-18/h1-15,25-27H. The van der Waals surface area contributed by atoms with Gasteiger partial charge in [0.2, 0.25) is 0 Å². The Morgan fingerprint density at radius 2 is 0.567 bits per heavy atom. The number of nitrogens with one attached hydrogen (secondary N) is 3. The molecule has 0 heterocycles. The van der Waals surface area contributed by atoms with Crippen molar-refractivity contribution >= 4 is 17.1 Å². The molecule has 0 atom stereocenters. The summed E-state index contributed by atoms with van der Waals surface area (Å²) in [5.41, 5.74) is 29.5. The first-order valence-electron chi connectivity index (χ1n) is 9.29. The molecule has 6 nitrogen and oxygen atoms in total. The lowest BCUT2D eigenvalue weighted by Crippen LogP contribution is -1.86. The number of hydrogen-bond acceptors (Lipinski definition) is 6. The molecular weight excluding hydrogens is 372 g/mol. The van der Waals surface area contributed by atoms with Gasteiger partial charge in [-0.25, -0.2) is 16.6 Å². The molecule has 0 aromatic heterocycles. The SMILES string of the molecule is N=Nc1ccc(-c2cc(-c3ccc(N=N)cc3)cc(-c3ccc(N=N)cc3)c2)cc1. The maximum Gasteiger partial charge on any atom is 0.0850 e. The van der Waals surface area contributed by atoms with E-state index in [4.69, 9.17) is 16.6 Å². The van der Waals surface area contributed by atoms with E-state index >= 15 is 0 Å². The quantitative estimate of drug-likeness (QED) is 0.274. The van der Waals surface area contributed by atoms with Gasteiger partial charge < -0.3 is 0 Å². The molecule has 4 rings (SSSR count). The second-order valence-corrected chi connectivity index (χ2v) is 6.78. The van der Waals surface area contributed by atoms with E-state index in [1.807, 2.05) is 72.8 Å². The van der Waals surface area contributed by atoms with Crippen molar-refractivity contribution in [1.29, 1.82) is 16.6 Å². The summed E-state index contributed by atoms with van der Waals surface area (Å²) in [6, 6.07) is 29.1. The van der Waals surface area contributed by atoms with Gasteiger partial charge in [0.15, 0.2) is 0 Å². The molecule has 0 aliphatic rings. The zero-order chi connectivity index (χ0) is 20.9. The lowest BCUT2D eigenvalue weighted by atomic mass is 9.93. The van der Waals surface area contributed by atoms with E-state index in [0.717, 1.165) is 33.4 Å². The van der Waals surface area contributed by atoms with Gasteiger partial charge in [0, 0.05) is 0 Å². The topological polar surface area (TPSA) is 109 Å². The minimum absolute atomic E-state index is 0.611. The van der Waals surface area contributed by atoms with Crippen LogP contribution in [0.2, 0.25) is 0 Å². The van der Waals surface area contributed by atoms with Crippen LogP contribution in [-0.2, 0) is 0 Å². The Balaban J connectivity index is 1.86. The smallest absolute Gasteiger partial charge is 0.0850 e. The summed E-state index contributed by atoms with van der Waals surface area (Å²) in [6.07, 6.45) is 0.